The first-order valence-electron chi connectivity index (χ1n) is 6.74. The molecule has 5 nitrogen and oxygen atoms in total. The van der Waals surface area contributed by atoms with Gasteiger partial charge in [-0.1, -0.05) is 0 Å². The topological polar surface area (TPSA) is 64.3 Å². The van der Waals surface area contributed by atoms with Gasteiger partial charge in [-0.15, -0.1) is 0 Å². The highest BCUT2D eigenvalue weighted by Gasteiger charge is 2.37. The molecule has 0 bridgehead atoms. The van der Waals surface area contributed by atoms with Crippen LogP contribution in [0.25, 0.3) is 0 Å². The molecule has 3 rings (SSSR count). The summed E-state index contributed by atoms with van der Waals surface area (Å²) in [6, 6.07) is 0. The van der Waals surface area contributed by atoms with Crippen LogP contribution in [0.2, 0.25) is 0 Å². The van der Waals surface area contributed by atoms with Crippen molar-refractivity contribution in [3.63, 3.8) is 0 Å². The first kappa shape index (κ1) is 11.7. The average Bonchev–Trinajstić information content (AvgIpc) is 2.40. The molecule has 18 heavy (non-hydrogen) atoms. The van der Waals surface area contributed by atoms with E-state index in [0.29, 0.717) is 5.82 Å². The van der Waals surface area contributed by atoms with Gasteiger partial charge >= 0.3 is 0 Å². The van der Waals surface area contributed by atoms with Crippen LogP contribution in [0.3, 0.4) is 0 Å². The first-order chi connectivity index (χ1) is 8.77. The molecule has 0 unspecified atom stereocenters. The summed E-state index contributed by atoms with van der Waals surface area (Å²) < 4.78 is 6.03. The second-order valence-electron chi connectivity index (χ2n) is 5.28. The number of anilines is 2. The van der Waals surface area contributed by atoms with Crippen LogP contribution in [0.4, 0.5) is 11.6 Å². The third-order valence-corrected chi connectivity index (χ3v) is 4.07. The monoisotopic (exact) mass is 248 g/mol. The Bertz CT molecular complexity index is 407. The standard InChI is InChI=1S/C13H20N4O/c14-11-9-15-10-12(16-11)17-6-4-13(5-7-17)3-1-2-8-18-13/h9-10H,1-8H2,(H2,14,16). The molecule has 2 saturated heterocycles. The lowest BCUT2D eigenvalue weighted by molar-refractivity contribution is -0.0921. The van der Waals surface area contributed by atoms with Gasteiger partial charge in [0.15, 0.2) is 0 Å². The zero-order chi connectivity index (χ0) is 12.4. The smallest absolute Gasteiger partial charge is 0.149 e. The zero-order valence-electron chi connectivity index (χ0n) is 10.6. The predicted octanol–water partition coefficient (Wildman–Crippen LogP) is 1.60. The van der Waals surface area contributed by atoms with Crippen LogP contribution in [0.15, 0.2) is 12.4 Å². The van der Waals surface area contributed by atoms with Crippen LogP contribution < -0.4 is 10.6 Å². The summed E-state index contributed by atoms with van der Waals surface area (Å²) in [7, 11) is 0. The van der Waals surface area contributed by atoms with Crippen LogP contribution in [0, 0.1) is 0 Å². The summed E-state index contributed by atoms with van der Waals surface area (Å²) >= 11 is 0. The third kappa shape index (κ3) is 2.27. The van der Waals surface area contributed by atoms with Gasteiger partial charge in [-0.25, -0.2) is 4.98 Å². The minimum Gasteiger partial charge on any atom is -0.382 e. The van der Waals surface area contributed by atoms with Gasteiger partial charge in [0.25, 0.3) is 0 Å². The fourth-order valence-corrected chi connectivity index (χ4v) is 2.97. The highest BCUT2D eigenvalue weighted by molar-refractivity contribution is 5.42. The molecule has 2 N–H and O–H groups in total. The van der Waals surface area contributed by atoms with Gasteiger partial charge in [0.1, 0.15) is 11.6 Å². The quantitative estimate of drug-likeness (QED) is 0.817. The molecule has 1 spiro atoms. The zero-order valence-corrected chi connectivity index (χ0v) is 10.6. The van der Waals surface area contributed by atoms with Crippen molar-refractivity contribution in [3.05, 3.63) is 12.4 Å². The molecule has 0 aliphatic carbocycles. The van der Waals surface area contributed by atoms with E-state index in [9.17, 15) is 0 Å². The number of aromatic nitrogens is 2. The van der Waals surface area contributed by atoms with Gasteiger partial charge in [-0.05, 0) is 32.1 Å². The van der Waals surface area contributed by atoms with E-state index in [1.54, 1.807) is 12.4 Å². The number of ether oxygens (including phenoxy) is 1. The maximum atomic E-state index is 6.03. The fraction of sp³-hybridized carbons (Fsp3) is 0.692. The van der Waals surface area contributed by atoms with Crippen LogP contribution in [0.5, 0.6) is 0 Å². The Kier molecular flexibility index (Phi) is 3.07. The predicted molar refractivity (Wildman–Crippen MR) is 70.4 cm³/mol. The molecule has 2 fully saturated rings. The van der Waals surface area contributed by atoms with Crippen molar-refractivity contribution in [2.75, 3.05) is 30.3 Å². The second kappa shape index (κ2) is 4.72. The molecule has 0 amide bonds. The van der Waals surface area contributed by atoms with Crippen LogP contribution in [-0.2, 0) is 4.74 Å². The van der Waals surface area contributed by atoms with E-state index in [1.807, 2.05) is 0 Å². The van der Waals surface area contributed by atoms with E-state index in [4.69, 9.17) is 10.5 Å². The van der Waals surface area contributed by atoms with E-state index in [1.165, 1.54) is 19.3 Å². The molecular weight excluding hydrogens is 228 g/mol. The summed E-state index contributed by atoms with van der Waals surface area (Å²) in [5, 5.41) is 0. The Morgan fingerprint density at radius 2 is 2.00 bits per heavy atom. The summed E-state index contributed by atoms with van der Waals surface area (Å²) in [6.07, 6.45) is 9.27. The van der Waals surface area contributed by atoms with E-state index in [2.05, 4.69) is 14.9 Å². The number of hydrogen-bond acceptors (Lipinski definition) is 5. The van der Waals surface area contributed by atoms with Crippen molar-refractivity contribution >= 4 is 11.6 Å². The van der Waals surface area contributed by atoms with E-state index >= 15 is 0 Å². The molecule has 0 aromatic carbocycles. The molecule has 1 aromatic rings. The summed E-state index contributed by atoms with van der Waals surface area (Å²) in [4.78, 5) is 10.7. The maximum Gasteiger partial charge on any atom is 0.149 e. The van der Waals surface area contributed by atoms with Crippen LogP contribution >= 0.6 is 0 Å². The Morgan fingerprint density at radius 1 is 1.17 bits per heavy atom. The molecule has 0 saturated carbocycles. The van der Waals surface area contributed by atoms with Gasteiger partial charge in [0, 0.05) is 19.7 Å². The lowest BCUT2D eigenvalue weighted by atomic mass is 9.84. The van der Waals surface area contributed by atoms with Crippen molar-refractivity contribution in [2.24, 2.45) is 0 Å². The Hall–Kier alpha value is -1.36. The molecule has 2 aliphatic rings. The Morgan fingerprint density at radius 3 is 2.67 bits per heavy atom. The van der Waals surface area contributed by atoms with Gasteiger partial charge < -0.3 is 15.4 Å². The van der Waals surface area contributed by atoms with Crippen molar-refractivity contribution in [3.8, 4) is 0 Å². The molecule has 2 aliphatic heterocycles. The molecule has 0 radical (unpaired) electrons. The highest BCUT2D eigenvalue weighted by atomic mass is 16.5. The number of nitrogen functional groups attached to an aromatic ring is 1. The number of hydrogen-bond donors (Lipinski definition) is 1. The van der Waals surface area contributed by atoms with E-state index in [-0.39, 0.29) is 5.60 Å². The second-order valence-corrected chi connectivity index (χ2v) is 5.28. The summed E-state index contributed by atoms with van der Waals surface area (Å²) in [6.45, 7) is 2.90. The lowest BCUT2D eigenvalue weighted by Gasteiger charge is -2.44. The van der Waals surface area contributed by atoms with E-state index in [0.717, 1.165) is 38.4 Å². The highest BCUT2D eigenvalue weighted by Crippen LogP contribution is 2.35. The number of piperidine rings is 1. The minimum absolute atomic E-state index is 0.141. The van der Waals surface area contributed by atoms with Crippen molar-refractivity contribution in [2.45, 2.75) is 37.7 Å². The average molecular weight is 248 g/mol. The first-order valence-corrected chi connectivity index (χ1v) is 6.74. The fourth-order valence-electron chi connectivity index (χ4n) is 2.97. The van der Waals surface area contributed by atoms with Crippen molar-refractivity contribution in [1.29, 1.82) is 0 Å². The number of rotatable bonds is 1. The van der Waals surface area contributed by atoms with Gasteiger partial charge in [-0.3, -0.25) is 4.98 Å². The number of nitrogens with two attached hydrogens (primary N) is 1. The lowest BCUT2D eigenvalue weighted by Crippen LogP contribution is -2.48. The third-order valence-electron chi connectivity index (χ3n) is 4.07. The molecule has 1 aromatic heterocycles. The summed E-state index contributed by atoms with van der Waals surface area (Å²) in [5.74, 6) is 1.38. The van der Waals surface area contributed by atoms with Gasteiger partial charge in [-0.2, -0.15) is 0 Å². The van der Waals surface area contributed by atoms with E-state index < -0.39 is 0 Å². The molecule has 5 heteroatoms. The maximum absolute atomic E-state index is 6.03. The van der Waals surface area contributed by atoms with Crippen molar-refractivity contribution in [1.82, 2.24) is 9.97 Å². The Balaban J connectivity index is 1.66. The van der Waals surface area contributed by atoms with Crippen molar-refractivity contribution < 1.29 is 4.74 Å². The Labute approximate surface area is 107 Å². The molecule has 0 atom stereocenters. The van der Waals surface area contributed by atoms with Crippen LogP contribution in [-0.4, -0.2) is 35.3 Å². The molecular formula is C13H20N4O. The molecule has 98 valence electrons. The molecule has 3 heterocycles. The largest absolute Gasteiger partial charge is 0.382 e. The SMILES string of the molecule is Nc1cncc(N2CCC3(CCCCO3)CC2)n1. The van der Waals surface area contributed by atoms with Gasteiger partial charge in [0.05, 0.1) is 18.0 Å². The van der Waals surface area contributed by atoms with Gasteiger partial charge in [0.2, 0.25) is 0 Å². The normalized spacial score (nSPS) is 23.2. The minimum atomic E-state index is 0.141. The number of nitrogens with zero attached hydrogens (tertiary/aromatic N) is 3. The summed E-state index contributed by atoms with van der Waals surface area (Å²) in [5.41, 5.74) is 5.82. The van der Waals surface area contributed by atoms with Crippen LogP contribution in [0.1, 0.15) is 32.1 Å².